The first-order chi connectivity index (χ1) is 9.27. The van der Waals surface area contributed by atoms with Crippen LogP contribution in [0.25, 0.3) is 0 Å². The Bertz CT molecular complexity index is 354. The fourth-order valence-electron chi connectivity index (χ4n) is 1.88. The molecule has 0 bridgehead atoms. The van der Waals surface area contributed by atoms with Gasteiger partial charge in [-0.1, -0.05) is 13.3 Å². The van der Waals surface area contributed by atoms with E-state index in [4.69, 9.17) is 10.3 Å². The molecule has 1 aliphatic rings. The van der Waals surface area contributed by atoms with Crippen molar-refractivity contribution in [1.29, 1.82) is 5.53 Å². The molecule has 0 aromatic rings. The molecule has 1 rings (SSSR count). The van der Waals surface area contributed by atoms with E-state index < -0.39 is 0 Å². The molecule has 0 fully saturated rings. The van der Waals surface area contributed by atoms with Gasteiger partial charge in [-0.05, 0) is 11.6 Å². The van der Waals surface area contributed by atoms with Gasteiger partial charge in [0.15, 0.2) is 0 Å². The first-order valence-corrected chi connectivity index (χ1v) is 6.63. The normalized spacial score (nSPS) is 19.0. The van der Waals surface area contributed by atoms with Crippen molar-refractivity contribution in [3.8, 4) is 0 Å². The first kappa shape index (κ1) is 15.3. The third-order valence-corrected chi connectivity index (χ3v) is 3.03. The van der Waals surface area contributed by atoms with Gasteiger partial charge in [0.05, 0.1) is 5.92 Å². The average molecular weight is 268 g/mol. The highest BCUT2D eigenvalue weighted by Gasteiger charge is 2.24. The van der Waals surface area contributed by atoms with Crippen LogP contribution in [0.5, 0.6) is 0 Å². The van der Waals surface area contributed by atoms with Crippen molar-refractivity contribution in [3.05, 3.63) is 0 Å². The summed E-state index contributed by atoms with van der Waals surface area (Å²) in [4.78, 5) is 11.8. The van der Waals surface area contributed by atoms with Gasteiger partial charge in [-0.15, -0.1) is 5.10 Å². The molecule has 106 valence electrons. The number of hydrogen-bond acceptors (Lipinski definition) is 4. The van der Waals surface area contributed by atoms with Crippen LogP contribution < -0.4 is 5.32 Å². The predicted octanol–water partition coefficient (Wildman–Crippen LogP) is 1.34. The van der Waals surface area contributed by atoms with Gasteiger partial charge in [-0.25, -0.2) is 4.58 Å². The van der Waals surface area contributed by atoms with E-state index in [2.05, 4.69) is 22.6 Å². The Balaban J connectivity index is 2.25. The SMILES string of the molecule is CCCCNC(=O)C1CC=[N+](CO/C=N/N=N)CC1. The van der Waals surface area contributed by atoms with E-state index in [1.165, 1.54) is 0 Å². The van der Waals surface area contributed by atoms with Gasteiger partial charge in [0.25, 0.3) is 6.73 Å². The maximum Gasteiger partial charge on any atom is 0.287 e. The molecule has 1 heterocycles. The summed E-state index contributed by atoms with van der Waals surface area (Å²) >= 11 is 0. The number of ether oxygens (including phenoxy) is 1. The zero-order valence-electron chi connectivity index (χ0n) is 11.3. The fourth-order valence-corrected chi connectivity index (χ4v) is 1.88. The van der Waals surface area contributed by atoms with Crippen molar-refractivity contribution >= 4 is 18.5 Å². The molecule has 1 unspecified atom stereocenters. The number of amides is 1. The summed E-state index contributed by atoms with van der Waals surface area (Å²) < 4.78 is 7.07. The van der Waals surface area contributed by atoms with Gasteiger partial charge in [0, 0.05) is 19.4 Å². The van der Waals surface area contributed by atoms with Crippen LogP contribution in [0.4, 0.5) is 0 Å². The Kier molecular flexibility index (Phi) is 7.38. The van der Waals surface area contributed by atoms with Crippen LogP contribution >= 0.6 is 0 Å². The topological polar surface area (TPSA) is 89.9 Å². The van der Waals surface area contributed by atoms with Gasteiger partial charge < -0.3 is 10.1 Å². The standard InChI is InChI=1S/C12H21N5O2/c1-2-3-6-14-12(18)11-4-7-17(8-5-11)10-19-9-15-16-13/h7,9,11,13H,2-6,8,10H2,1H3/p+1/b15-9+,16-13?. The van der Waals surface area contributed by atoms with E-state index in [0.29, 0.717) is 6.73 Å². The molecule has 0 aromatic heterocycles. The molecule has 1 aliphatic heterocycles. The number of carbonyl (C=O) groups is 1. The molecular weight excluding hydrogens is 246 g/mol. The maximum absolute atomic E-state index is 11.8. The lowest BCUT2D eigenvalue weighted by molar-refractivity contribution is -0.561. The Morgan fingerprint density at radius 3 is 3.16 bits per heavy atom. The lowest BCUT2D eigenvalue weighted by Gasteiger charge is -2.17. The lowest BCUT2D eigenvalue weighted by Crippen LogP contribution is -2.36. The highest BCUT2D eigenvalue weighted by molar-refractivity contribution is 5.81. The summed E-state index contributed by atoms with van der Waals surface area (Å²) in [5.41, 5.74) is 6.45. The zero-order chi connectivity index (χ0) is 13.9. The predicted molar refractivity (Wildman–Crippen MR) is 71.4 cm³/mol. The minimum atomic E-state index is 0.0741. The molecule has 0 saturated carbocycles. The Hall–Kier alpha value is -1.79. The van der Waals surface area contributed by atoms with Crippen molar-refractivity contribution in [2.24, 2.45) is 16.2 Å². The van der Waals surface area contributed by atoms with Gasteiger partial charge in [-0.2, -0.15) is 5.53 Å². The first-order valence-electron chi connectivity index (χ1n) is 6.63. The van der Waals surface area contributed by atoms with Gasteiger partial charge in [0.2, 0.25) is 12.3 Å². The Labute approximate surface area is 113 Å². The summed E-state index contributed by atoms with van der Waals surface area (Å²) in [7, 11) is 0. The third-order valence-electron chi connectivity index (χ3n) is 3.03. The molecule has 19 heavy (non-hydrogen) atoms. The van der Waals surface area contributed by atoms with E-state index >= 15 is 0 Å². The van der Waals surface area contributed by atoms with Crippen molar-refractivity contribution < 1.29 is 14.1 Å². The van der Waals surface area contributed by atoms with Crippen molar-refractivity contribution in [3.63, 3.8) is 0 Å². The number of carbonyl (C=O) groups excluding carboxylic acids is 1. The molecule has 1 atom stereocenters. The second-order valence-electron chi connectivity index (χ2n) is 4.48. The molecule has 7 nitrogen and oxygen atoms in total. The number of rotatable bonds is 8. The van der Waals surface area contributed by atoms with E-state index in [1.54, 1.807) is 0 Å². The minimum absolute atomic E-state index is 0.0741. The van der Waals surface area contributed by atoms with E-state index in [0.717, 1.165) is 45.2 Å². The molecule has 0 radical (unpaired) electrons. The number of nitrogens with zero attached hydrogens (tertiary/aromatic N) is 3. The number of hydrogen-bond donors (Lipinski definition) is 2. The molecule has 2 N–H and O–H groups in total. The Morgan fingerprint density at radius 1 is 1.68 bits per heavy atom. The minimum Gasteiger partial charge on any atom is -0.424 e. The van der Waals surface area contributed by atoms with Crippen LogP contribution in [0.1, 0.15) is 32.6 Å². The van der Waals surface area contributed by atoms with Crippen molar-refractivity contribution in [1.82, 2.24) is 5.32 Å². The lowest BCUT2D eigenvalue weighted by atomic mass is 9.98. The number of unbranched alkanes of at least 4 members (excludes halogenated alkanes) is 1. The van der Waals surface area contributed by atoms with E-state index in [9.17, 15) is 4.79 Å². The van der Waals surface area contributed by atoms with Crippen LogP contribution in [-0.2, 0) is 9.53 Å². The zero-order valence-corrected chi connectivity index (χ0v) is 11.3. The smallest absolute Gasteiger partial charge is 0.287 e. The molecular formula is C12H22N5O2+. The van der Waals surface area contributed by atoms with Gasteiger partial charge in [-0.3, -0.25) is 4.79 Å². The summed E-state index contributed by atoms with van der Waals surface area (Å²) in [6, 6.07) is 0. The quantitative estimate of drug-likeness (QED) is 0.174. The van der Waals surface area contributed by atoms with Crippen molar-refractivity contribution in [2.45, 2.75) is 32.6 Å². The summed E-state index contributed by atoms with van der Waals surface area (Å²) in [6.07, 6.45) is 6.82. The fraction of sp³-hybridized carbons (Fsp3) is 0.750. The molecule has 7 heteroatoms. The second kappa shape index (κ2) is 9.18. The largest absolute Gasteiger partial charge is 0.424 e. The summed E-state index contributed by atoms with van der Waals surface area (Å²) in [6.45, 7) is 4.04. The number of nitrogens with one attached hydrogen (secondary N) is 2. The van der Waals surface area contributed by atoms with E-state index in [-0.39, 0.29) is 11.8 Å². The van der Waals surface area contributed by atoms with Crippen molar-refractivity contribution in [2.75, 3.05) is 19.8 Å². The highest BCUT2D eigenvalue weighted by Crippen LogP contribution is 2.11. The van der Waals surface area contributed by atoms with Gasteiger partial charge in [0.1, 0.15) is 12.8 Å². The van der Waals surface area contributed by atoms with Gasteiger partial charge >= 0.3 is 0 Å². The second-order valence-corrected chi connectivity index (χ2v) is 4.48. The van der Waals surface area contributed by atoms with Crippen LogP contribution in [0.3, 0.4) is 0 Å². The van der Waals surface area contributed by atoms with Crippen LogP contribution in [-0.4, -0.2) is 42.9 Å². The maximum atomic E-state index is 11.8. The molecule has 0 aliphatic carbocycles. The summed E-state index contributed by atoms with van der Waals surface area (Å²) in [5, 5.41) is 9.05. The van der Waals surface area contributed by atoms with Crippen LogP contribution in [0, 0.1) is 11.4 Å². The highest BCUT2D eigenvalue weighted by atomic mass is 16.5. The molecule has 0 saturated heterocycles. The molecule has 1 amide bonds. The molecule has 0 aromatic carbocycles. The third kappa shape index (κ3) is 6.08. The monoisotopic (exact) mass is 268 g/mol. The van der Waals surface area contributed by atoms with Crippen LogP contribution in [0.15, 0.2) is 10.3 Å². The van der Waals surface area contributed by atoms with Crippen LogP contribution in [0.2, 0.25) is 0 Å². The van der Waals surface area contributed by atoms with E-state index in [1.807, 2.05) is 10.8 Å². The Morgan fingerprint density at radius 2 is 2.53 bits per heavy atom. The summed E-state index contributed by atoms with van der Waals surface area (Å²) in [5.74, 6) is 0.227. The average Bonchev–Trinajstić information content (AvgIpc) is 2.44. The molecule has 0 spiro atoms.